The molecule has 33 heavy (non-hydrogen) atoms. The van der Waals surface area contributed by atoms with Crippen LogP contribution in [0.5, 0.6) is 0 Å². The van der Waals surface area contributed by atoms with Crippen LogP contribution in [0.15, 0.2) is 103 Å². The van der Waals surface area contributed by atoms with Crippen molar-refractivity contribution in [3.05, 3.63) is 109 Å². The van der Waals surface area contributed by atoms with Crippen LogP contribution in [-0.4, -0.2) is 15.4 Å². The molecule has 1 aliphatic carbocycles. The van der Waals surface area contributed by atoms with Crippen LogP contribution in [0.25, 0.3) is 16.5 Å². The molecule has 1 fully saturated rings. The van der Waals surface area contributed by atoms with Crippen LogP contribution in [0.1, 0.15) is 25.7 Å². The second-order valence-corrected chi connectivity index (χ2v) is 8.76. The zero-order valence-electron chi connectivity index (χ0n) is 18.4. The van der Waals surface area contributed by atoms with E-state index in [4.69, 9.17) is 5.73 Å². The average molecular weight is 659 g/mol. The Kier molecular flexibility index (Phi) is 17.0. The van der Waals surface area contributed by atoms with Gasteiger partial charge in [-0.05, 0) is 12.8 Å². The molecule has 1 N–H and O–H groups in total. The summed E-state index contributed by atoms with van der Waals surface area (Å²) < 4.78 is 0. The van der Waals surface area contributed by atoms with Gasteiger partial charge in [0.15, 0.2) is 0 Å². The molecule has 0 bridgehead atoms. The third kappa shape index (κ3) is 11.4. The van der Waals surface area contributed by atoms with Crippen molar-refractivity contribution in [3.8, 4) is 0 Å². The number of halogens is 2. The minimum absolute atomic E-state index is 0. The van der Waals surface area contributed by atoms with Gasteiger partial charge in [-0.2, -0.15) is 17.5 Å². The Bertz CT molecular complexity index is 954. The Labute approximate surface area is 231 Å². The van der Waals surface area contributed by atoms with Gasteiger partial charge in [0, 0.05) is 5.92 Å². The molecule has 2 radical (unpaired) electrons. The van der Waals surface area contributed by atoms with Crippen molar-refractivity contribution in [3.63, 3.8) is 0 Å². The van der Waals surface area contributed by atoms with Gasteiger partial charge in [0.2, 0.25) is 0 Å². The van der Waals surface area contributed by atoms with Crippen molar-refractivity contribution in [1.29, 1.82) is 0 Å². The third-order valence-corrected chi connectivity index (χ3v) is 6.35. The number of amides is 1. The Morgan fingerprint density at radius 2 is 1.24 bits per heavy atom. The van der Waals surface area contributed by atoms with Gasteiger partial charge in [0.25, 0.3) is 0 Å². The molecule has 0 aliphatic heterocycles. The van der Waals surface area contributed by atoms with E-state index in [0.717, 1.165) is 35.2 Å². The van der Waals surface area contributed by atoms with E-state index in [2.05, 4.69) is 103 Å². The number of nitrogens with one attached hydrogen (secondary N) is 1. The first-order valence-corrected chi connectivity index (χ1v) is 11.5. The van der Waals surface area contributed by atoms with Crippen molar-refractivity contribution in [1.82, 2.24) is 0 Å². The molecule has 0 atom stereocenters. The van der Waals surface area contributed by atoms with E-state index in [9.17, 15) is 4.79 Å². The number of rotatable bonds is 3. The predicted octanol–water partition coefficient (Wildman–Crippen LogP) is -0.339. The first kappa shape index (κ1) is 31.4. The summed E-state index contributed by atoms with van der Waals surface area (Å²) in [4.78, 5) is 10.3. The zero-order valence-corrected chi connectivity index (χ0v) is 24.5. The summed E-state index contributed by atoms with van der Waals surface area (Å²) in [6.07, 6.45) is 4.22. The monoisotopic (exact) mass is 659 g/mol. The first-order valence-electron chi connectivity index (χ1n) is 10.5. The minimum Gasteiger partial charge on any atom is -1.00 e. The first-order chi connectivity index (χ1) is 14.7. The number of benzene rings is 3. The molecule has 1 saturated carbocycles. The van der Waals surface area contributed by atoms with E-state index >= 15 is 0 Å². The molecule has 0 unspecified atom stereocenters. The maximum absolute atomic E-state index is 10.3. The van der Waals surface area contributed by atoms with Crippen LogP contribution < -0.4 is 35.2 Å². The van der Waals surface area contributed by atoms with E-state index in [0.29, 0.717) is 0 Å². The molecule has 0 aromatic heterocycles. The van der Waals surface area contributed by atoms with E-state index in [1.807, 2.05) is 0 Å². The normalized spacial score (nSPS) is 11.9. The summed E-state index contributed by atoms with van der Waals surface area (Å²) in [6.45, 7) is 0. The molecule has 5 rings (SSSR count). The summed E-state index contributed by atoms with van der Waals surface area (Å²) in [6, 6.07) is 35.8. The average Bonchev–Trinajstić information content (AvgIpc) is 3.48. The summed E-state index contributed by atoms with van der Waals surface area (Å²) in [5, 5.41) is 5.46. The Balaban J connectivity index is 0.000000460. The van der Waals surface area contributed by atoms with Crippen molar-refractivity contribution >= 4 is 36.6 Å². The molecular formula is C27H27Cl2HfNOSi. The van der Waals surface area contributed by atoms with Gasteiger partial charge in [0.05, 0.1) is 5.91 Å². The molecule has 1 amide bonds. The summed E-state index contributed by atoms with van der Waals surface area (Å²) in [7, 11) is 0.777. The number of hydrogen-bond donors (Lipinski definition) is 0. The fraction of sp³-hybridized carbons (Fsp3) is 0.185. The second kappa shape index (κ2) is 17.8. The van der Waals surface area contributed by atoms with E-state index in [1.54, 1.807) is 0 Å². The Morgan fingerprint density at radius 1 is 0.758 bits per heavy atom. The summed E-state index contributed by atoms with van der Waals surface area (Å²) in [5.74, 6) is -0.266. The van der Waals surface area contributed by atoms with Crippen LogP contribution in [-0.2, 0) is 30.6 Å². The van der Waals surface area contributed by atoms with Gasteiger partial charge in [-0.15, -0.1) is 29.7 Å². The number of hydrogen-bond acceptors (Lipinski definition) is 1. The number of fused-ring (bicyclic) bond motifs is 1. The van der Waals surface area contributed by atoms with Gasteiger partial charge in [0.1, 0.15) is 9.52 Å². The van der Waals surface area contributed by atoms with Gasteiger partial charge in [-0.1, -0.05) is 89.9 Å². The molecule has 4 aromatic rings. The molecule has 0 saturated heterocycles. The molecule has 1 aliphatic rings. The second-order valence-electron chi connectivity index (χ2n) is 7.36. The minimum atomic E-state index is -0.359. The van der Waals surface area contributed by atoms with Crippen LogP contribution >= 0.6 is 0 Å². The predicted molar refractivity (Wildman–Crippen MR) is 129 cm³/mol. The van der Waals surface area contributed by atoms with E-state index in [-0.39, 0.29) is 62.5 Å². The third-order valence-electron chi connectivity index (χ3n) is 5.11. The summed E-state index contributed by atoms with van der Waals surface area (Å²) in [5.41, 5.74) is 6.74. The van der Waals surface area contributed by atoms with Crippen molar-refractivity contribution in [2.24, 2.45) is 5.92 Å². The number of carbonyl (C=O) groups excluding carboxylic acids is 1. The Morgan fingerprint density at radius 3 is 1.70 bits per heavy atom. The van der Waals surface area contributed by atoms with Crippen molar-refractivity contribution in [2.75, 3.05) is 0 Å². The fourth-order valence-electron chi connectivity index (χ4n) is 3.47. The molecule has 168 valence electrons. The van der Waals surface area contributed by atoms with Crippen molar-refractivity contribution in [2.45, 2.75) is 25.7 Å². The van der Waals surface area contributed by atoms with E-state index < -0.39 is 0 Å². The van der Waals surface area contributed by atoms with E-state index in [1.165, 1.54) is 21.1 Å². The van der Waals surface area contributed by atoms with Gasteiger partial charge in [-0.3, -0.25) is 0 Å². The molecule has 6 heteroatoms. The molecule has 2 nitrogen and oxygen atoms in total. The number of carbonyl (C=O) groups is 1. The smallest absolute Gasteiger partial charge is 1.00 e. The maximum atomic E-state index is 10.3. The summed E-state index contributed by atoms with van der Waals surface area (Å²) >= 11 is 0. The SMILES string of the molecule is [Cl-].[Cl-].[Hf+4].[NH-]C(=O)C1CCCC1.c1ccc([Si]c2ccccc2)cc1.c1ccc2[cH-]ccc2c1. The largest absolute Gasteiger partial charge is 4.00 e. The maximum Gasteiger partial charge on any atom is 4.00 e. The molecular weight excluding hydrogens is 632 g/mol. The van der Waals surface area contributed by atoms with Gasteiger partial charge >= 0.3 is 25.8 Å². The standard InChI is InChI=1S/C12H10Si.C9H7.C6H11NO.2ClH.Hf/c1-3-7-11(8-4-1)13-12-9-5-2-6-10-12;1-2-5-9-7-3-6-8(9)4-1;7-6(8)5-3-1-2-4-5;;;/h1-10H;1-7H;5H,1-4H2,(H2,7,8);2*1H;/q;-1;;;;+4/p-3. The Hall–Kier alpha value is -1.59. The topological polar surface area (TPSA) is 40.9 Å². The molecule has 0 heterocycles. The van der Waals surface area contributed by atoms with Crippen LogP contribution in [0, 0.1) is 5.92 Å². The quantitative estimate of drug-likeness (QED) is 0.220. The van der Waals surface area contributed by atoms with Gasteiger partial charge in [-0.25, -0.2) is 0 Å². The molecule has 4 aromatic carbocycles. The fourth-order valence-corrected chi connectivity index (χ4v) is 4.52. The zero-order chi connectivity index (χ0) is 21.0. The van der Waals surface area contributed by atoms with Crippen LogP contribution in [0.2, 0.25) is 0 Å². The van der Waals surface area contributed by atoms with Crippen LogP contribution in [0.3, 0.4) is 0 Å². The van der Waals surface area contributed by atoms with Crippen molar-refractivity contribution < 1.29 is 55.5 Å². The van der Waals surface area contributed by atoms with Crippen LogP contribution in [0.4, 0.5) is 0 Å². The molecule has 0 spiro atoms. The van der Waals surface area contributed by atoms with Gasteiger partial charge < -0.3 is 35.3 Å².